The summed E-state index contributed by atoms with van der Waals surface area (Å²) in [5.74, 6) is -0.0482. The fraction of sp³-hybridized carbons (Fsp3) is 0.0476. The Morgan fingerprint density at radius 2 is 1.77 bits per heavy atom. The number of aromatic nitrogens is 1. The highest BCUT2D eigenvalue weighted by atomic mass is 79.9. The van der Waals surface area contributed by atoms with Gasteiger partial charge in [-0.1, -0.05) is 52.3 Å². The van der Waals surface area contributed by atoms with E-state index < -0.39 is 0 Å². The molecule has 0 fully saturated rings. The van der Waals surface area contributed by atoms with Gasteiger partial charge < -0.3 is 22.1 Å². The minimum atomic E-state index is -0.138. The summed E-state index contributed by atoms with van der Waals surface area (Å²) in [7, 11) is 0. The van der Waals surface area contributed by atoms with Gasteiger partial charge in [0.2, 0.25) is 0 Å². The number of benzene rings is 2. The van der Waals surface area contributed by atoms with Crippen molar-refractivity contribution in [2.45, 2.75) is 6.54 Å². The van der Waals surface area contributed by atoms with Crippen LogP contribution >= 0.6 is 15.9 Å². The number of nitrogens with zero attached hydrogens (tertiary/aromatic N) is 1. The first-order valence-corrected chi connectivity index (χ1v) is 8.65. The molecule has 3 aromatic rings. The average molecular weight is 475 g/mol. The Labute approximate surface area is 171 Å². The van der Waals surface area contributed by atoms with Crippen LogP contribution in [0.4, 0.5) is 0 Å². The van der Waals surface area contributed by atoms with Gasteiger partial charge in [-0.25, -0.2) is 4.57 Å². The van der Waals surface area contributed by atoms with Crippen molar-refractivity contribution in [3.63, 3.8) is 0 Å². The summed E-state index contributed by atoms with van der Waals surface area (Å²) in [5, 5.41) is 9.44. The zero-order valence-electron chi connectivity index (χ0n) is 13.8. The predicted molar refractivity (Wildman–Crippen MR) is 101 cm³/mol. The summed E-state index contributed by atoms with van der Waals surface area (Å²) < 4.78 is 3.16. The number of carbonyl (C=O) groups is 1. The minimum absolute atomic E-state index is 0. The van der Waals surface area contributed by atoms with E-state index in [9.17, 15) is 9.90 Å². The molecule has 1 heterocycles. The van der Waals surface area contributed by atoms with E-state index in [0.717, 1.165) is 16.6 Å². The molecule has 0 bridgehead atoms. The van der Waals surface area contributed by atoms with Gasteiger partial charge in [-0.05, 0) is 29.8 Å². The first kappa shape index (κ1) is 20.1. The number of allylic oxidation sites excluding steroid dienone is 1. The molecular formula is C21H17Br2NO2. The topological polar surface area (TPSA) is 41.2 Å². The van der Waals surface area contributed by atoms with Gasteiger partial charge in [-0.3, -0.25) is 4.79 Å². The average Bonchev–Trinajstić information content (AvgIpc) is 2.63. The number of carbonyl (C=O) groups excluding carboxylic acids is 1. The molecular weight excluding hydrogens is 458 g/mol. The summed E-state index contributed by atoms with van der Waals surface area (Å²) in [6, 6.07) is 18.4. The summed E-state index contributed by atoms with van der Waals surface area (Å²) in [5.41, 5.74) is 2.61. The van der Waals surface area contributed by atoms with Crippen molar-refractivity contribution in [1.29, 1.82) is 0 Å². The van der Waals surface area contributed by atoms with Crippen molar-refractivity contribution < 1.29 is 31.4 Å². The molecule has 3 nitrogen and oxygen atoms in total. The smallest absolute Gasteiger partial charge is 0.185 e. The van der Waals surface area contributed by atoms with E-state index in [1.807, 2.05) is 42.7 Å². The standard InChI is InChI=1S/C21H16BrNO2.BrH/c22-20-7-2-1-4-18(20)15-23-12-10-16(11-13-23)8-9-21(25)17-5-3-6-19(24)14-17;/h1-14H,15H2;1H/b9-8+;. The quantitative estimate of drug-likeness (QED) is 0.345. The zero-order valence-corrected chi connectivity index (χ0v) is 17.0. The number of hydrogen-bond acceptors (Lipinski definition) is 2. The molecule has 0 atom stereocenters. The maximum atomic E-state index is 12.1. The minimum Gasteiger partial charge on any atom is -1.00 e. The Kier molecular flexibility index (Phi) is 7.30. The summed E-state index contributed by atoms with van der Waals surface area (Å²) in [6.07, 6.45) is 7.26. The molecule has 0 amide bonds. The van der Waals surface area contributed by atoms with Crippen molar-refractivity contribution in [2.24, 2.45) is 0 Å². The zero-order chi connectivity index (χ0) is 17.6. The third kappa shape index (κ3) is 5.38. The monoisotopic (exact) mass is 473 g/mol. The largest absolute Gasteiger partial charge is 1.00 e. The van der Waals surface area contributed by atoms with Crippen LogP contribution in [0.5, 0.6) is 5.75 Å². The van der Waals surface area contributed by atoms with Crippen molar-refractivity contribution in [2.75, 3.05) is 0 Å². The second-order valence-corrected chi connectivity index (χ2v) is 6.50. The van der Waals surface area contributed by atoms with Crippen molar-refractivity contribution in [3.05, 3.63) is 100 Å². The van der Waals surface area contributed by atoms with Gasteiger partial charge in [-0.2, -0.15) is 0 Å². The molecule has 1 aromatic heterocycles. The predicted octanol–water partition coefficient (Wildman–Crippen LogP) is 1.39. The van der Waals surface area contributed by atoms with Gasteiger partial charge in [-0.15, -0.1) is 0 Å². The first-order chi connectivity index (χ1) is 12.1. The number of rotatable bonds is 5. The van der Waals surface area contributed by atoms with E-state index in [1.54, 1.807) is 24.3 Å². The maximum Gasteiger partial charge on any atom is 0.185 e. The molecule has 0 saturated heterocycles. The van der Waals surface area contributed by atoms with Crippen LogP contribution in [0.2, 0.25) is 0 Å². The van der Waals surface area contributed by atoms with Crippen LogP contribution in [-0.2, 0) is 6.54 Å². The molecule has 0 saturated carbocycles. The molecule has 0 aliphatic carbocycles. The van der Waals surface area contributed by atoms with Gasteiger partial charge in [0.15, 0.2) is 24.7 Å². The molecule has 132 valence electrons. The lowest BCUT2D eigenvalue weighted by atomic mass is 10.1. The van der Waals surface area contributed by atoms with E-state index in [2.05, 4.69) is 26.6 Å². The molecule has 1 N–H and O–H groups in total. The van der Waals surface area contributed by atoms with E-state index >= 15 is 0 Å². The van der Waals surface area contributed by atoms with Gasteiger partial charge >= 0.3 is 0 Å². The number of phenolic OH excluding ortho intramolecular Hbond substituents is 1. The molecule has 0 unspecified atom stereocenters. The van der Waals surface area contributed by atoms with Crippen molar-refractivity contribution in [1.82, 2.24) is 0 Å². The molecule has 0 aliphatic rings. The second kappa shape index (κ2) is 9.46. The Balaban J connectivity index is 0.00000243. The number of hydrogen-bond donors (Lipinski definition) is 1. The van der Waals surface area contributed by atoms with Crippen LogP contribution in [0.25, 0.3) is 6.08 Å². The fourth-order valence-corrected chi connectivity index (χ4v) is 2.85. The Hall–Kier alpha value is -2.24. The summed E-state index contributed by atoms with van der Waals surface area (Å²) in [6.45, 7) is 0.771. The summed E-state index contributed by atoms with van der Waals surface area (Å²) in [4.78, 5) is 12.1. The number of pyridine rings is 1. The molecule has 0 spiro atoms. The Bertz CT molecular complexity index is 921. The van der Waals surface area contributed by atoms with Gasteiger partial charge in [0.1, 0.15) is 5.75 Å². The highest BCUT2D eigenvalue weighted by Gasteiger charge is 2.06. The van der Waals surface area contributed by atoms with E-state index in [4.69, 9.17) is 0 Å². The lowest BCUT2D eigenvalue weighted by molar-refractivity contribution is -0.688. The highest BCUT2D eigenvalue weighted by Crippen LogP contribution is 2.15. The third-order valence-electron chi connectivity index (χ3n) is 3.79. The van der Waals surface area contributed by atoms with Crippen molar-refractivity contribution >= 4 is 27.8 Å². The maximum absolute atomic E-state index is 12.1. The van der Waals surface area contributed by atoms with Gasteiger partial charge in [0, 0.05) is 27.7 Å². The molecule has 3 rings (SSSR count). The van der Waals surface area contributed by atoms with Crippen LogP contribution in [0.15, 0.2) is 83.6 Å². The lowest BCUT2D eigenvalue weighted by Gasteiger charge is -2.01. The number of phenols is 1. The van der Waals surface area contributed by atoms with E-state index in [-0.39, 0.29) is 28.5 Å². The number of halogens is 2. The van der Waals surface area contributed by atoms with Crippen LogP contribution < -0.4 is 21.5 Å². The van der Waals surface area contributed by atoms with Crippen molar-refractivity contribution in [3.8, 4) is 5.75 Å². The van der Waals surface area contributed by atoms with Crippen LogP contribution in [0, 0.1) is 0 Å². The number of ketones is 1. The van der Waals surface area contributed by atoms with Crippen LogP contribution in [-0.4, -0.2) is 10.9 Å². The SMILES string of the molecule is O=C(/C=C/c1cc[n+](Cc2ccccc2Br)cc1)c1cccc(O)c1.[Br-]. The number of aromatic hydroxyl groups is 1. The Morgan fingerprint density at radius 1 is 1.04 bits per heavy atom. The normalized spacial score (nSPS) is 10.5. The Morgan fingerprint density at radius 3 is 2.46 bits per heavy atom. The fourth-order valence-electron chi connectivity index (χ4n) is 2.44. The van der Waals surface area contributed by atoms with E-state index in [0.29, 0.717) is 5.56 Å². The molecule has 0 radical (unpaired) electrons. The summed E-state index contributed by atoms with van der Waals surface area (Å²) >= 11 is 3.56. The molecule has 2 aromatic carbocycles. The highest BCUT2D eigenvalue weighted by molar-refractivity contribution is 9.10. The molecule has 0 aliphatic heterocycles. The lowest BCUT2D eigenvalue weighted by Crippen LogP contribution is -3.00. The first-order valence-electron chi connectivity index (χ1n) is 7.86. The molecule has 26 heavy (non-hydrogen) atoms. The second-order valence-electron chi connectivity index (χ2n) is 5.64. The van der Waals surface area contributed by atoms with Gasteiger partial charge in [0.05, 0.1) is 0 Å². The molecule has 5 heteroatoms. The van der Waals surface area contributed by atoms with E-state index in [1.165, 1.54) is 17.7 Å². The van der Waals surface area contributed by atoms with Gasteiger partial charge in [0.25, 0.3) is 0 Å². The third-order valence-corrected chi connectivity index (χ3v) is 4.56. The van der Waals surface area contributed by atoms with Crippen LogP contribution in [0.3, 0.4) is 0 Å². The van der Waals surface area contributed by atoms with Crippen LogP contribution in [0.1, 0.15) is 21.5 Å².